The van der Waals surface area contributed by atoms with Gasteiger partial charge >= 0.3 is 0 Å². The first-order valence-electron chi connectivity index (χ1n) is 22.8. The number of carbonyl (C=O) groups is 4. The summed E-state index contributed by atoms with van der Waals surface area (Å²) in [4.78, 5) is 58.8. The fourth-order valence-electron chi connectivity index (χ4n) is 9.35. The SMILES string of the molecule is Cc1nn2c(N3CCC(CCO)CC3)cc(-c3ccccc3)nc2c1-c1ccc(CCCCCCCCCNC(=O)COc2cccc3c2CN(C2CCC(=O)NC2=O)C3=O)cc1. The molecule has 3 N–H and O–H groups in total. The van der Waals surface area contributed by atoms with Gasteiger partial charge in [-0.1, -0.05) is 92.8 Å². The molecule has 4 amide bonds. The lowest BCUT2D eigenvalue weighted by atomic mass is 9.94. The number of imide groups is 1. The third-order valence-electron chi connectivity index (χ3n) is 12.9. The number of piperidine rings is 2. The van der Waals surface area contributed by atoms with Crippen LogP contribution >= 0.6 is 0 Å². The van der Waals surface area contributed by atoms with Crippen LogP contribution in [0.1, 0.15) is 104 Å². The number of aliphatic hydroxyl groups is 1. The van der Waals surface area contributed by atoms with Crippen molar-refractivity contribution in [1.82, 2.24) is 30.1 Å². The maximum Gasteiger partial charge on any atom is 0.257 e. The summed E-state index contributed by atoms with van der Waals surface area (Å²) in [6.07, 6.45) is 12.2. The summed E-state index contributed by atoms with van der Waals surface area (Å²) in [6.45, 7) is 4.81. The number of benzene rings is 3. The molecule has 1 atom stereocenters. The van der Waals surface area contributed by atoms with Crippen molar-refractivity contribution in [2.24, 2.45) is 5.92 Å². The Hall–Kier alpha value is -6.08. The molecule has 330 valence electrons. The zero-order valence-corrected chi connectivity index (χ0v) is 36.3. The minimum Gasteiger partial charge on any atom is -0.483 e. The first-order chi connectivity index (χ1) is 30.8. The largest absolute Gasteiger partial charge is 0.483 e. The number of amides is 4. The molecule has 0 radical (unpaired) electrons. The first-order valence-corrected chi connectivity index (χ1v) is 22.8. The normalized spacial score (nSPS) is 16.7. The summed E-state index contributed by atoms with van der Waals surface area (Å²) in [5, 5.41) is 19.8. The summed E-state index contributed by atoms with van der Waals surface area (Å²) >= 11 is 0. The van der Waals surface area contributed by atoms with E-state index in [0.717, 1.165) is 110 Å². The molecule has 5 aromatic rings. The summed E-state index contributed by atoms with van der Waals surface area (Å²) in [7, 11) is 0. The van der Waals surface area contributed by atoms with Crippen LogP contribution in [0.2, 0.25) is 0 Å². The van der Waals surface area contributed by atoms with E-state index in [0.29, 0.717) is 29.3 Å². The maximum atomic E-state index is 13.1. The van der Waals surface area contributed by atoms with Crippen molar-refractivity contribution in [2.45, 2.75) is 103 Å². The summed E-state index contributed by atoms with van der Waals surface area (Å²) in [5.74, 6) is 0.799. The van der Waals surface area contributed by atoms with Crippen LogP contribution in [-0.4, -0.2) is 87.1 Å². The quantitative estimate of drug-likeness (QED) is 0.0577. The van der Waals surface area contributed by atoms with Crippen molar-refractivity contribution < 1.29 is 29.0 Å². The lowest BCUT2D eigenvalue weighted by Crippen LogP contribution is -2.52. The summed E-state index contributed by atoms with van der Waals surface area (Å²) < 4.78 is 7.87. The molecule has 3 aliphatic rings. The smallest absolute Gasteiger partial charge is 0.257 e. The number of nitrogens with one attached hydrogen (secondary N) is 2. The van der Waals surface area contributed by atoms with Crippen LogP contribution in [-0.2, 0) is 27.3 Å². The molecule has 8 rings (SSSR count). The van der Waals surface area contributed by atoms with Gasteiger partial charge in [0.2, 0.25) is 11.8 Å². The highest BCUT2D eigenvalue weighted by atomic mass is 16.5. The van der Waals surface area contributed by atoms with E-state index in [1.54, 1.807) is 18.2 Å². The lowest BCUT2D eigenvalue weighted by Gasteiger charge is -2.33. The Morgan fingerprint density at radius 2 is 1.62 bits per heavy atom. The average Bonchev–Trinajstić information content (AvgIpc) is 3.82. The Bertz CT molecular complexity index is 2410. The molecule has 0 bridgehead atoms. The van der Waals surface area contributed by atoms with E-state index in [2.05, 4.69) is 77.1 Å². The number of aryl methyl sites for hydroxylation is 2. The van der Waals surface area contributed by atoms with Gasteiger partial charge in [0, 0.05) is 61.0 Å². The highest BCUT2D eigenvalue weighted by molar-refractivity contribution is 6.05. The van der Waals surface area contributed by atoms with Crippen LogP contribution in [0, 0.1) is 12.8 Å². The van der Waals surface area contributed by atoms with Crippen LogP contribution in [0.3, 0.4) is 0 Å². The predicted molar refractivity (Wildman–Crippen MR) is 242 cm³/mol. The minimum atomic E-state index is -0.704. The van der Waals surface area contributed by atoms with Crippen molar-refractivity contribution in [3.05, 3.63) is 101 Å². The lowest BCUT2D eigenvalue weighted by molar-refractivity contribution is -0.137. The summed E-state index contributed by atoms with van der Waals surface area (Å²) in [6, 6.07) is 25.9. The molecule has 13 nitrogen and oxygen atoms in total. The van der Waals surface area contributed by atoms with Gasteiger partial charge in [0.25, 0.3) is 11.8 Å². The molecule has 3 aromatic carbocycles. The van der Waals surface area contributed by atoms with Gasteiger partial charge in [-0.2, -0.15) is 9.61 Å². The highest BCUT2D eigenvalue weighted by Gasteiger charge is 2.40. The Balaban J connectivity index is 0.750. The third-order valence-corrected chi connectivity index (χ3v) is 12.9. The van der Waals surface area contributed by atoms with E-state index in [-0.39, 0.29) is 50.3 Å². The van der Waals surface area contributed by atoms with Gasteiger partial charge in [-0.3, -0.25) is 24.5 Å². The topological polar surface area (TPSA) is 158 Å². The maximum absolute atomic E-state index is 13.1. The number of aliphatic hydroxyl groups excluding tert-OH is 1. The van der Waals surface area contributed by atoms with Gasteiger partial charge in [0.1, 0.15) is 17.6 Å². The van der Waals surface area contributed by atoms with Gasteiger partial charge < -0.3 is 25.0 Å². The predicted octanol–water partition coefficient (Wildman–Crippen LogP) is 7.20. The second kappa shape index (κ2) is 20.4. The highest BCUT2D eigenvalue weighted by Crippen LogP contribution is 2.36. The molecule has 13 heteroatoms. The number of aromatic nitrogens is 3. The van der Waals surface area contributed by atoms with Crippen LogP contribution < -0.4 is 20.3 Å². The number of ether oxygens (including phenoxy) is 1. The summed E-state index contributed by atoms with van der Waals surface area (Å²) in [5.41, 5.74) is 8.49. The average molecular weight is 854 g/mol. The van der Waals surface area contributed by atoms with Gasteiger partial charge in [0.15, 0.2) is 12.3 Å². The van der Waals surface area contributed by atoms with E-state index in [4.69, 9.17) is 14.8 Å². The van der Waals surface area contributed by atoms with Crippen LogP contribution in [0.4, 0.5) is 5.82 Å². The molecule has 63 heavy (non-hydrogen) atoms. The van der Waals surface area contributed by atoms with Crippen molar-refractivity contribution in [2.75, 3.05) is 37.7 Å². The van der Waals surface area contributed by atoms with Crippen LogP contribution in [0.15, 0.2) is 78.9 Å². The molecule has 3 aliphatic heterocycles. The molecular formula is C50H59N7O6. The van der Waals surface area contributed by atoms with E-state index in [9.17, 15) is 24.3 Å². The van der Waals surface area contributed by atoms with E-state index >= 15 is 0 Å². The Morgan fingerprint density at radius 1 is 0.873 bits per heavy atom. The zero-order valence-electron chi connectivity index (χ0n) is 36.3. The Kier molecular flexibility index (Phi) is 14.1. The van der Waals surface area contributed by atoms with Crippen LogP contribution in [0.5, 0.6) is 5.75 Å². The van der Waals surface area contributed by atoms with Gasteiger partial charge in [0.05, 0.1) is 17.9 Å². The molecule has 5 heterocycles. The molecule has 2 saturated heterocycles. The number of carbonyl (C=O) groups excluding carboxylic acids is 4. The van der Waals surface area contributed by atoms with E-state index < -0.39 is 11.9 Å². The first kappa shape index (κ1) is 43.6. The Labute approximate surface area is 369 Å². The number of rotatable bonds is 19. The standard InChI is InChI=1S/C50H59N7O6/c1-34-47(48-52-41(37-14-9-7-10-15-37)31-46(57(48)54-34)55-28-24-36(25-29-55)26-30-58)38-20-18-35(19-21-38)13-8-5-3-2-4-6-11-27-51-45(60)33-63-43-17-12-16-39-40(43)32-56(50(39)62)42-22-23-44(59)53-49(42)61/h7,9-10,12,14-21,31,36,42,58H,2-6,8,11,13,22-30,32-33H2,1H3,(H,51,60)(H,53,59,61). The van der Waals surface area contributed by atoms with Crippen molar-refractivity contribution >= 4 is 35.1 Å². The van der Waals surface area contributed by atoms with Crippen molar-refractivity contribution in [1.29, 1.82) is 0 Å². The fourth-order valence-corrected chi connectivity index (χ4v) is 9.35. The minimum absolute atomic E-state index is 0.160. The number of fused-ring (bicyclic) bond motifs is 2. The van der Waals surface area contributed by atoms with Crippen LogP contribution in [0.25, 0.3) is 28.0 Å². The number of anilines is 1. The molecule has 0 aliphatic carbocycles. The molecular weight excluding hydrogens is 795 g/mol. The van der Waals surface area contributed by atoms with Gasteiger partial charge in [-0.15, -0.1) is 0 Å². The number of nitrogens with zero attached hydrogens (tertiary/aromatic N) is 5. The molecule has 0 saturated carbocycles. The Morgan fingerprint density at radius 3 is 2.37 bits per heavy atom. The fraction of sp³-hybridized carbons (Fsp3) is 0.440. The second-order valence-electron chi connectivity index (χ2n) is 17.2. The number of hydrogen-bond acceptors (Lipinski definition) is 9. The third kappa shape index (κ3) is 10.3. The molecule has 2 fully saturated rings. The van der Waals surface area contributed by atoms with Gasteiger partial charge in [-0.05, 0) is 81.0 Å². The molecule has 2 aromatic heterocycles. The number of hydrogen-bond donors (Lipinski definition) is 3. The molecule has 1 unspecified atom stereocenters. The monoisotopic (exact) mass is 853 g/mol. The second-order valence-corrected chi connectivity index (χ2v) is 17.2. The van der Waals surface area contributed by atoms with E-state index in [1.807, 2.05) is 10.6 Å². The zero-order chi connectivity index (χ0) is 43.7. The van der Waals surface area contributed by atoms with Crippen molar-refractivity contribution in [3.8, 4) is 28.1 Å². The van der Waals surface area contributed by atoms with E-state index in [1.165, 1.54) is 23.3 Å². The van der Waals surface area contributed by atoms with Crippen molar-refractivity contribution in [3.63, 3.8) is 0 Å². The van der Waals surface area contributed by atoms with Gasteiger partial charge in [-0.25, -0.2) is 4.98 Å². The molecule has 0 spiro atoms. The number of unbranched alkanes of at least 4 members (excludes halogenated alkanes) is 6.